The quantitative estimate of drug-likeness (QED) is 0.496. The van der Waals surface area contributed by atoms with Crippen LogP contribution in [0, 0.1) is 19.7 Å². The van der Waals surface area contributed by atoms with Gasteiger partial charge < -0.3 is 5.32 Å². The zero-order valence-corrected chi connectivity index (χ0v) is 16.4. The van der Waals surface area contributed by atoms with E-state index in [0.717, 1.165) is 32.8 Å². The first-order valence-electron chi connectivity index (χ1n) is 8.96. The fraction of sp³-hybridized carbons (Fsp3) is 0.190. The van der Waals surface area contributed by atoms with Gasteiger partial charge in [0, 0.05) is 17.6 Å². The highest BCUT2D eigenvalue weighted by Gasteiger charge is 2.14. The maximum absolute atomic E-state index is 13.6. The maximum atomic E-state index is 13.6. The van der Waals surface area contributed by atoms with Crippen molar-refractivity contribution in [3.8, 4) is 0 Å². The van der Waals surface area contributed by atoms with E-state index in [1.165, 1.54) is 17.8 Å². The summed E-state index contributed by atoms with van der Waals surface area (Å²) in [5.74, 6) is -0.157. The van der Waals surface area contributed by atoms with Gasteiger partial charge in [0.1, 0.15) is 5.82 Å². The number of carbonyl (C=O) groups is 1. The van der Waals surface area contributed by atoms with Gasteiger partial charge in [-0.3, -0.25) is 9.20 Å². The van der Waals surface area contributed by atoms with E-state index < -0.39 is 5.82 Å². The molecule has 0 fully saturated rings. The Hall–Kier alpha value is -2.93. The lowest BCUT2D eigenvalue weighted by molar-refractivity contribution is -0.115. The molecule has 0 aliphatic rings. The van der Waals surface area contributed by atoms with Crippen LogP contribution in [0.15, 0.2) is 53.7 Å². The predicted molar refractivity (Wildman–Crippen MR) is 110 cm³/mol. The van der Waals surface area contributed by atoms with Crippen molar-refractivity contribution in [1.29, 1.82) is 0 Å². The number of nitrogens with one attached hydrogen (secondary N) is 1. The number of fused-ring (bicyclic) bond motifs is 3. The first-order valence-corrected chi connectivity index (χ1v) is 9.94. The van der Waals surface area contributed by atoms with Crippen molar-refractivity contribution in [2.75, 3.05) is 11.1 Å². The number of aromatic nitrogens is 3. The third kappa shape index (κ3) is 3.45. The Morgan fingerprint density at radius 3 is 2.75 bits per heavy atom. The molecule has 4 rings (SSSR count). The molecule has 0 saturated carbocycles. The number of benzene rings is 2. The first-order chi connectivity index (χ1) is 13.5. The van der Waals surface area contributed by atoms with Gasteiger partial charge in [-0.1, -0.05) is 42.1 Å². The molecule has 0 radical (unpaired) electrons. The summed E-state index contributed by atoms with van der Waals surface area (Å²) in [6.45, 7) is 4.13. The number of aryl methyl sites for hydroxylation is 2. The smallest absolute Gasteiger partial charge is 0.225 e. The minimum absolute atomic E-state index is 0.197. The van der Waals surface area contributed by atoms with Crippen molar-refractivity contribution >= 4 is 39.9 Å². The fourth-order valence-corrected chi connectivity index (χ4v) is 4.12. The normalized spacial score (nSPS) is 11.2. The lowest BCUT2D eigenvalue weighted by atomic mass is 10.1. The summed E-state index contributed by atoms with van der Waals surface area (Å²) in [7, 11) is 0. The molecule has 0 unspecified atom stereocenters. The number of hydrogen-bond donors (Lipinski definition) is 1. The number of nitrogens with zero attached hydrogens (tertiary/aromatic N) is 3. The molecule has 2 heterocycles. The first kappa shape index (κ1) is 18.4. The van der Waals surface area contributed by atoms with Gasteiger partial charge >= 0.3 is 0 Å². The molecule has 5 nitrogen and oxygen atoms in total. The van der Waals surface area contributed by atoms with Crippen LogP contribution in [0.25, 0.3) is 16.6 Å². The monoisotopic (exact) mass is 394 g/mol. The van der Waals surface area contributed by atoms with E-state index in [0.29, 0.717) is 5.75 Å². The zero-order chi connectivity index (χ0) is 19.7. The van der Waals surface area contributed by atoms with Gasteiger partial charge in [0.05, 0.1) is 11.2 Å². The van der Waals surface area contributed by atoms with Crippen molar-refractivity contribution in [2.45, 2.75) is 25.4 Å². The number of thioether (sulfide) groups is 1. The Morgan fingerprint density at radius 1 is 1.11 bits per heavy atom. The molecule has 0 atom stereocenters. The molecule has 2 aromatic heterocycles. The Labute approximate surface area is 166 Å². The second-order valence-electron chi connectivity index (χ2n) is 6.60. The fourth-order valence-electron chi connectivity index (χ4n) is 3.23. The predicted octanol–water partition coefficient (Wildman–Crippen LogP) is 4.76. The number of halogens is 1. The zero-order valence-electron chi connectivity index (χ0n) is 15.6. The SMILES string of the molecule is Cc1cc2nnc(SCCC(=O)Nc3ccccc3F)n2c2c(C)cccc12. The second kappa shape index (κ2) is 7.59. The summed E-state index contributed by atoms with van der Waals surface area (Å²) in [6.07, 6.45) is 0.247. The van der Waals surface area contributed by atoms with E-state index in [9.17, 15) is 9.18 Å². The van der Waals surface area contributed by atoms with Crippen LogP contribution in [0.1, 0.15) is 17.5 Å². The standard InChI is InChI=1S/C21H19FN4OS/c1-13-6-5-7-15-14(2)12-18-24-25-21(26(18)20(13)15)28-11-10-19(27)23-17-9-4-3-8-16(17)22/h3-9,12H,10-11H2,1-2H3,(H,23,27). The molecule has 1 amide bonds. The van der Waals surface area contributed by atoms with E-state index in [1.54, 1.807) is 18.2 Å². The van der Waals surface area contributed by atoms with Crippen molar-refractivity contribution in [3.63, 3.8) is 0 Å². The van der Waals surface area contributed by atoms with E-state index in [4.69, 9.17) is 0 Å². The average Bonchev–Trinajstić information content (AvgIpc) is 3.06. The molecule has 0 bridgehead atoms. The summed E-state index contributed by atoms with van der Waals surface area (Å²) in [5, 5.41) is 13.1. The van der Waals surface area contributed by atoms with Gasteiger partial charge in [-0.2, -0.15) is 0 Å². The third-order valence-corrected chi connectivity index (χ3v) is 5.53. The van der Waals surface area contributed by atoms with Crippen LogP contribution >= 0.6 is 11.8 Å². The number of pyridine rings is 1. The molecule has 4 aromatic rings. The summed E-state index contributed by atoms with van der Waals surface area (Å²) >= 11 is 1.46. The van der Waals surface area contributed by atoms with Crippen LogP contribution in [0.3, 0.4) is 0 Å². The van der Waals surface area contributed by atoms with Gasteiger partial charge in [-0.15, -0.1) is 10.2 Å². The van der Waals surface area contributed by atoms with E-state index in [1.807, 2.05) is 16.5 Å². The van der Waals surface area contributed by atoms with Crippen molar-refractivity contribution in [2.24, 2.45) is 0 Å². The molecule has 28 heavy (non-hydrogen) atoms. The topological polar surface area (TPSA) is 59.3 Å². The maximum Gasteiger partial charge on any atom is 0.225 e. The van der Waals surface area contributed by atoms with Crippen LogP contribution in [0.5, 0.6) is 0 Å². The molecule has 0 aliphatic heterocycles. The lowest BCUT2D eigenvalue weighted by Crippen LogP contribution is -2.13. The Morgan fingerprint density at radius 2 is 1.93 bits per heavy atom. The summed E-state index contributed by atoms with van der Waals surface area (Å²) in [4.78, 5) is 12.1. The van der Waals surface area contributed by atoms with Gasteiger partial charge in [-0.05, 0) is 43.2 Å². The van der Waals surface area contributed by atoms with E-state index in [2.05, 4.69) is 41.5 Å². The highest BCUT2D eigenvalue weighted by molar-refractivity contribution is 7.99. The third-order valence-electron chi connectivity index (χ3n) is 4.60. The van der Waals surface area contributed by atoms with Crippen LogP contribution < -0.4 is 5.32 Å². The molecule has 2 aromatic carbocycles. The van der Waals surface area contributed by atoms with Crippen LogP contribution in [-0.4, -0.2) is 26.3 Å². The van der Waals surface area contributed by atoms with Crippen LogP contribution in [0.2, 0.25) is 0 Å². The van der Waals surface area contributed by atoms with Crippen molar-refractivity contribution < 1.29 is 9.18 Å². The van der Waals surface area contributed by atoms with Crippen LogP contribution in [0.4, 0.5) is 10.1 Å². The number of rotatable bonds is 5. The molecule has 1 N–H and O–H groups in total. The van der Waals surface area contributed by atoms with Gasteiger partial charge in [0.25, 0.3) is 0 Å². The number of anilines is 1. The second-order valence-corrected chi connectivity index (χ2v) is 7.66. The Balaban J connectivity index is 1.53. The van der Waals surface area contributed by atoms with Gasteiger partial charge in [0.2, 0.25) is 5.91 Å². The minimum atomic E-state index is -0.440. The highest BCUT2D eigenvalue weighted by Crippen LogP contribution is 2.28. The molecule has 0 spiro atoms. The minimum Gasteiger partial charge on any atom is -0.324 e. The Kier molecular flexibility index (Phi) is 5.00. The molecule has 0 aliphatic carbocycles. The Bertz CT molecular complexity index is 1190. The van der Waals surface area contributed by atoms with Crippen molar-refractivity contribution in [3.05, 3.63) is 65.5 Å². The number of hydrogen-bond acceptors (Lipinski definition) is 4. The number of carbonyl (C=O) groups excluding carboxylic acids is 1. The average molecular weight is 394 g/mol. The van der Waals surface area contributed by atoms with E-state index in [-0.39, 0.29) is 18.0 Å². The molecular formula is C21H19FN4OS. The summed E-state index contributed by atoms with van der Waals surface area (Å²) in [5.41, 5.74) is 4.37. The largest absolute Gasteiger partial charge is 0.324 e. The van der Waals surface area contributed by atoms with E-state index >= 15 is 0 Å². The van der Waals surface area contributed by atoms with Gasteiger partial charge in [0.15, 0.2) is 10.8 Å². The number of para-hydroxylation sites is 2. The molecule has 0 saturated heterocycles. The number of amides is 1. The molecular weight excluding hydrogens is 375 g/mol. The molecule has 7 heteroatoms. The molecule has 142 valence electrons. The summed E-state index contributed by atoms with van der Waals surface area (Å²) in [6, 6.07) is 14.4. The van der Waals surface area contributed by atoms with Gasteiger partial charge in [-0.25, -0.2) is 4.39 Å². The highest BCUT2D eigenvalue weighted by atomic mass is 32.2. The lowest BCUT2D eigenvalue weighted by Gasteiger charge is -2.10. The van der Waals surface area contributed by atoms with Crippen LogP contribution in [-0.2, 0) is 4.79 Å². The van der Waals surface area contributed by atoms with Crippen molar-refractivity contribution in [1.82, 2.24) is 14.6 Å². The summed E-state index contributed by atoms with van der Waals surface area (Å²) < 4.78 is 15.7.